The zero-order valence-electron chi connectivity index (χ0n) is 16.2. The predicted molar refractivity (Wildman–Crippen MR) is 98.1 cm³/mol. The highest BCUT2D eigenvalue weighted by Gasteiger charge is 2.28. The van der Waals surface area contributed by atoms with Crippen molar-refractivity contribution in [1.82, 2.24) is 15.6 Å². The molecule has 27 heavy (non-hydrogen) atoms. The molecule has 0 saturated heterocycles. The van der Waals surface area contributed by atoms with Gasteiger partial charge in [-0.2, -0.15) is 0 Å². The van der Waals surface area contributed by atoms with Crippen molar-refractivity contribution >= 4 is 17.8 Å². The van der Waals surface area contributed by atoms with Crippen LogP contribution in [0, 0.1) is 18.8 Å². The summed E-state index contributed by atoms with van der Waals surface area (Å²) in [6, 6.07) is -0.417. The van der Waals surface area contributed by atoms with E-state index in [2.05, 4.69) is 15.6 Å². The van der Waals surface area contributed by atoms with Crippen molar-refractivity contribution in [2.75, 3.05) is 6.54 Å². The highest BCUT2D eigenvalue weighted by atomic mass is 16.4. The number of nitrogens with one attached hydrogen (secondary N) is 2. The molecule has 0 bridgehead atoms. The van der Waals surface area contributed by atoms with Crippen molar-refractivity contribution in [3.05, 3.63) is 17.3 Å². The third-order valence-corrected chi connectivity index (χ3v) is 4.73. The maximum Gasteiger partial charge on any atom is 0.322 e. The lowest BCUT2D eigenvalue weighted by Crippen LogP contribution is -2.35. The third kappa shape index (κ3) is 6.08. The van der Waals surface area contributed by atoms with E-state index < -0.39 is 24.5 Å². The fourth-order valence-corrected chi connectivity index (χ4v) is 3.36. The Morgan fingerprint density at radius 2 is 1.89 bits per heavy atom. The van der Waals surface area contributed by atoms with E-state index >= 15 is 0 Å². The first-order valence-corrected chi connectivity index (χ1v) is 9.55. The summed E-state index contributed by atoms with van der Waals surface area (Å²) in [6.45, 7) is 5.18. The highest BCUT2D eigenvalue weighted by molar-refractivity contribution is 5.94. The van der Waals surface area contributed by atoms with E-state index in [0.29, 0.717) is 12.2 Å². The summed E-state index contributed by atoms with van der Waals surface area (Å²) in [5.41, 5.74) is 0.0481. The van der Waals surface area contributed by atoms with Gasteiger partial charge < -0.3 is 20.2 Å². The number of carboxylic acid groups (broad SMARTS) is 1. The minimum atomic E-state index is -1.14. The summed E-state index contributed by atoms with van der Waals surface area (Å²) >= 11 is 0. The number of amides is 2. The molecule has 1 heterocycles. The summed E-state index contributed by atoms with van der Waals surface area (Å²) < 4.78 is 5.66. The van der Waals surface area contributed by atoms with Gasteiger partial charge in [0.2, 0.25) is 11.8 Å². The van der Waals surface area contributed by atoms with Gasteiger partial charge >= 0.3 is 5.97 Å². The molecule has 1 fully saturated rings. The van der Waals surface area contributed by atoms with Crippen LogP contribution in [0.3, 0.4) is 0 Å². The van der Waals surface area contributed by atoms with Crippen molar-refractivity contribution in [3.63, 3.8) is 0 Å². The Labute approximate surface area is 159 Å². The van der Waals surface area contributed by atoms with Crippen LogP contribution in [0.2, 0.25) is 0 Å². The van der Waals surface area contributed by atoms with Crippen molar-refractivity contribution in [3.8, 4) is 0 Å². The molecule has 150 valence electrons. The van der Waals surface area contributed by atoms with Gasteiger partial charge in [0.1, 0.15) is 18.3 Å². The average molecular weight is 379 g/mol. The minimum absolute atomic E-state index is 0.00748. The van der Waals surface area contributed by atoms with Crippen LogP contribution in [0.15, 0.2) is 4.42 Å². The number of carbonyl (C=O) groups is 3. The van der Waals surface area contributed by atoms with Crippen LogP contribution in [-0.4, -0.2) is 34.4 Å². The fourth-order valence-electron chi connectivity index (χ4n) is 3.36. The Balaban J connectivity index is 2.13. The first-order valence-electron chi connectivity index (χ1n) is 9.55. The molecular weight excluding hydrogens is 350 g/mol. The zero-order chi connectivity index (χ0) is 20.0. The van der Waals surface area contributed by atoms with Gasteiger partial charge in [-0.25, -0.2) is 4.98 Å². The number of aliphatic carboxylic acids is 1. The molecule has 1 aromatic heterocycles. The van der Waals surface area contributed by atoms with E-state index in [4.69, 9.17) is 9.52 Å². The lowest BCUT2D eigenvalue weighted by atomic mass is 9.88. The Kier molecular flexibility index (Phi) is 7.38. The van der Waals surface area contributed by atoms with Crippen LogP contribution >= 0.6 is 0 Å². The van der Waals surface area contributed by atoms with Crippen molar-refractivity contribution in [1.29, 1.82) is 0 Å². The van der Waals surface area contributed by atoms with E-state index in [-0.39, 0.29) is 29.3 Å². The molecular formula is C19H29N3O5. The van der Waals surface area contributed by atoms with E-state index in [1.165, 1.54) is 6.42 Å². The first kappa shape index (κ1) is 20.9. The largest absolute Gasteiger partial charge is 0.480 e. The predicted octanol–water partition coefficient (Wildman–Crippen LogP) is 2.58. The van der Waals surface area contributed by atoms with E-state index in [1.807, 2.05) is 13.8 Å². The Morgan fingerprint density at radius 3 is 2.48 bits per heavy atom. The molecule has 1 unspecified atom stereocenters. The van der Waals surface area contributed by atoms with Crippen LogP contribution in [0.1, 0.15) is 80.6 Å². The minimum Gasteiger partial charge on any atom is -0.480 e. The number of nitrogens with zero attached hydrogens (tertiary/aromatic N) is 1. The Morgan fingerprint density at radius 1 is 1.22 bits per heavy atom. The molecule has 3 N–H and O–H groups in total. The van der Waals surface area contributed by atoms with Crippen molar-refractivity contribution in [2.45, 2.75) is 65.3 Å². The number of hydrogen-bond donors (Lipinski definition) is 3. The zero-order valence-corrected chi connectivity index (χ0v) is 16.2. The first-order chi connectivity index (χ1) is 12.8. The van der Waals surface area contributed by atoms with Crippen molar-refractivity contribution in [2.24, 2.45) is 11.8 Å². The number of carbonyl (C=O) groups excluding carboxylic acids is 2. The quantitative estimate of drug-likeness (QED) is 0.638. The van der Waals surface area contributed by atoms with Gasteiger partial charge in [-0.1, -0.05) is 33.1 Å². The standard InChI is InChI=1S/C19H29N3O5/c1-11(2)9-14(21-17(25)13-7-5-4-6-8-13)19-22-16(12(3)27-19)18(26)20-10-15(23)24/h11,13-14H,4-10H2,1-3H3,(H,20,26)(H,21,25)(H,23,24). The summed E-state index contributed by atoms with van der Waals surface area (Å²) in [5, 5.41) is 14.0. The van der Waals surface area contributed by atoms with Gasteiger partial charge in [-0.15, -0.1) is 0 Å². The molecule has 1 atom stereocenters. The maximum absolute atomic E-state index is 12.6. The van der Waals surface area contributed by atoms with Gasteiger partial charge in [0.05, 0.1) is 0 Å². The molecule has 0 aliphatic heterocycles. The normalized spacial score (nSPS) is 16.1. The second kappa shape index (κ2) is 9.53. The van der Waals surface area contributed by atoms with Crippen LogP contribution < -0.4 is 10.6 Å². The van der Waals surface area contributed by atoms with Gasteiger partial charge in [0, 0.05) is 5.92 Å². The summed E-state index contributed by atoms with van der Waals surface area (Å²) in [5.74, 6) is -0.845. The highest BCUT2D eigenvalue weighted by Crippen LogP contribution is 2.27. The molecule has 2 rings (SSSR count). The number of rotatable bonds is 8. The van der Waals surface area contributed by atoms with Crippen molar-refractivity contribution < 1.29 is 23.9 Å². The van der Waals surface area contributed by atoms with E-state index in [9.17, 15) is 14.4 Å². The van der Waals surface area contributed by atoms with Crippen LogP contribution in [0.25, 0.3) is 0 Å². The average Bonchev–Trinajstić information content (AvgIpc) is 3.01. The summed E-state index contributed by atoms with van der Waals surface area (Å²) in [4.78, 5) is 39.6. The fraction of sp³-hybridized carbons (Fsp3) is 0.684. The van der Waals surface area contributed by atoms with Gasteiger partial charge in [-0.3, -0.25) is 14.4 Å². The molecule has 1 saturated carbocycles. The molecule has 0 radical (unpaired) electrons. The smallest absolute Gasteiger partial charge is 0.322 e. The molecule has 8 nitrogen and oxygen atoms in total. The Bertz CT molecular complexity index is 677. The summed E-state index contributed by atoms with van der Waals surface area (Å²) in [7, 11) is 0. The lowest BCUT2D eigenvalue weighted by molar-refractivity contribution is -0.135. The summed E-state index contributed by atoms with van der Waals surface area (Å²) in [6.07, 6.45) is 5.74. The van der Waals surface area contributed by atoms with E-state index in [1.54, 1.807) is 6.92 Å². The monoisotopic (exact) mass is 379 g/mol. The number of hydrogen-bond acceptors (Lipinski definition) is 5. The number of carboxylic acids is 1. The van der Waals surface area contributed by atoms with Gasteiger partial charge in [0.15, 0.2) is 5.69 Å². The SMILES string of the molecule is Cc1oc(C(CC(C)C)NC(=O)C2CCCCC2)nc1C(=O)NCC(=O)O. The molecule has 2 amide bonds. The molecule has 1 aromatic rings. The maximum atomic E-state index is 12.6. The number of aromatic nitrogens is 1. The van der Waals surface area contributed by atoms with Gasteiger partial charge in [-0.05, 0) is 32.1 Å². The molecule has 1 aliphatic rings. The van der Waals surface area contributed by atoms with E-state index in [0.717, 1.165) is 25.7 Å². The van der Waals surface area contributed by atoms with Gasteiger partial charge in [0.25, 0.3) is 5.91 Å². The Hall–Kier alpha value is -2.38. The molecule has 1 aliphatic carbocycles. The van der Waals surface area contributed by atoms with Crippen LogP contribution in [0.4, 0.5) is 0 Å². The second-order valence-corrected chi connectivity index (χ2v) is 7.56. The molecule has 0 aromatic carbocycles. The van der Waals surface area contributed by atoms with Crippen LogP contribution in [0.5, 0.6) is 0 Å². The number of aryl methyl sites for hydroxylation is 1. The molecule has 0 spiro atoms. The lowest BCUT2D eigenvalue weighted by Gasteiger charge is -2.24. The third-order valence-electron chi connectivity index (χ3n) is 4.73. The number of oxazole rings is 1. The topological polar surface area (TPSA) is 122 Å². The van der Waals surface area contributed by atoms with Crippen LogP contribution in [-0.2, 0) is 9.59 Å². The second-order valence-electron chi connectivity index (χ2n) is 7.56. The molecule has 8 heteroatoms.